The van der Waals surface area contributed by atoms with Crippen molar-refractivity contribution in [1.29, 1.82) is 0 Å². The van der Waals surface area contributed by atoms with E-state index in [2.05, 4.69) is 167 Å². The van der Waals surface area contributed by atoms with Gasteiger partial charge in [-0.25, -0.2) is 0 Å². The quantitative estimate of drug-likeness (QED) is 0.155. The largest absolute Gasteiger partial charge is 0.313 e. The van der Waals surface area contributed by atoms with Crippen LogP contribution in [0.4, 0.5) is 0 Å². The van der Waals surface area contributed by atoms with Crippen LogP contribution in [-0.2, 0) is 0 Å². The molecule has 58 heavy (non-hydrogen) atoms. The van der Waals surface area contributed by atoms with Crippen molar-refractivity contribution >= 4 is 54.9 Å². The predicted molar refractivity (Wildman–Crippen MR) is 262 cm³/mol. The maximum Gasteiger partial charge on any atom is 0.0541 e. The number of benzene rings is 6. The fourth-order valence-corrected chi connectivity index (χ4v) is 7.41. The highest BCUT2D eigenvalue weighted by Crippen LogP contribution is 2.39. The lowest BCUT2D eigenvalue weighted by molar-refractivity contribution is 0.992. The molecule has 0 bridgehead atoms. The SMILES string of the molecule is C/C=C\C=C/C.C1=C(c2ccc3c(c2)c2ccccc2n3-c2cccc(-c3ccccc3)c2)CCC(n2c3ccccc3c3ccccc32)=C1.CC.CC.CC.CC. The molecule has 0 aliphatic heterocycles. The number of hydrogen-bond acceptors (Lipinski definition) is 0. The van der Waals surface area contributed by atoms with E-state index in [9.17, 15) is 0 Å². The molecule has 2 aromatic heterocycles. The highest BCUT2D eigenvalue weighted by molar-refractivity contribution is 6.11. The van der Waals surface area contributed by atoms with Crippen LogP contribution >= 0.6 is 0 Å². The Labute approximate surface area is 349 Å². The van der Waals surface area contributed by atoms with E-state index in [1.807, 2.05) is 93.5 Å². The molecule has 0 saturated heterocycles. The van der Waals surface area contributed by atoms with Gasteiger partial charge in [-0.1, -0.05) is 189 Å². The molecule has 0 radical (unpaired) electrons. The zero-order chi connectivity index (χ0) is 41.9. The third-order valence-corrected chi connectivity index (χ3v) is 9.75. The van der Waals surface area contributed by atoms with E-state index in [0.29, 0.717) is 0 Å². The molecule has 1 aliphatic carbocycles. The lowest BCUT2D eigenvalue weighted by Gasteiger charge is -2.18. The van der Waals surface area contributed by atoms with Crippen molar-refractivity contribution in [3.05, 3.63) is 188 Å². The average Bonchev–Trinajstić information content (AvgIpc) is 3.84. The fraction of sp³-hybridized carbons (Fsp3) is 0.214. The van der Waals surface area contributed by atoms with Gasteiger partial charge in [0.2, 0.25) is 0 Å². The highest BCUT2D eigenvalue weighted by Gasteiger charge is 2.18. The molecule has 0 spiro atoms. The average molecular weight is 765 g/mol. The van der Waals surface area contributed by atoms with Crippen molar-refractivity contribution in [2.75, 3.05) is 0 Å². The van der Waals surface area contributed by atoms with E-state index in [-0.39, 0.29) is 0 Å². The third-order valence-electron chi connectivity index (χ3n) is 9.75. The summed E-state index contributed by atoms with van der Waals surface area (Å²) in [6, 6.07) is 52.9. The van der Waals surface area contributed by atoms with Gasteiger partial charge in [-0.15, -0.1) is 0 Å². The second-order valence-electron chi connectivity index (χ2n) is 12.8. The Morgan fingerprint density at radius 2 is 0.862 bits per heavy atom. The van der Waals surface area contributed by atoms with E-state index < -0.39 is 0 Å². The summed E-state index contributed by atoms with van der Waals surface area (Å²) in [4.78, 5) is 0. The summed E-state index contributed by atoms with van der Waals surface area (Å²) >= 11 is 0. The molecule has 6 aromatic carbocycles. The zero-order valence-electron chi connectivity index (χ0n) is 36.6. The molecule has 0 saturated carbocycles. The van der Waals surface area contributed by atoms with Crippen molar-refractivity contribution in [2.45, 2.75) is 82.1 Å². The van der Waals surface area contributed by atoms with Gasteiger partial charge in [0.15, 0.2) is 0 Å². The number of allylic oxidation sites excluding steroid dienone is 8. The Kier molecular flexibility index (Phi) is 17.8. The number of rotatable bonds is 5. The van der Waals surface area contributed by atoms with Crippen LogP contribution in [0.2, 0.25) is 0 Å². The van der Waals surface area contributed by atoms with Crippen molar-refractivity contribution in [2.24, 2.45) is 0 Å². The fourth-order valence-electron chi connectivity index (χ4n) is 7.41. The second-order valence-corrected chi connectivity index (χ2v) is 12.8. The van der Waals surface area contributed by atoms with Gasteiger partial charge in [-0.3, -0.25) is 0 Å². The minimum atomic E-state index is 1.00. The Morgan fingerprint density at radius 1 is 0.379 bits per heavy atom. The van der Waals surface area contributed by atoms with Gasteiger partial charge in [-0.2, -0.15) is 0 Å². The van der Waals surface area contributed by atoms with Crippen LogP contribution in [0.25, 0.3) is 71.7 Å². The minimum Gasteiger partial charge on any atom is -0.313 e. The van der Waals surface area contributed by atoms with Gasteiger partial charge in [0.05, 0.1) is 22.1 Å². The smallest absolute Gasteiger partial charge is 0.0541 e. The Bertz CT molecular complexity index is 2540. The normalized spacial score (nSPS) is 11.9. The van der Waals surface area contributed by atoms with Crippen LogP contribution in [-0.4, -0.2) is 9.13 Å². The van der Waals surface area contributed by atoms with Crippen LogP contribution in [0.3, 0.4) is 0 Å². The van der Waals surface area contributed by atoms with Gasteiger partial charge in [-0.05, 0) is 97.5 Å². The number of hydrogen-bond donors (Lipinski definition) is 0. The molecule has 0 N–H and O–H groups in total. The van der Waals surface area contributed by atoms with Gasteiger partial charge in [0.25, 0.3) is 0 Å². The predicted octanol–water partition coefficient (Wildman–Crippen LogP) is 17.5. The summed E-state index contributed by atoms with van der Waals surface area (Å²) < 4.78 is 4.87. The summed E-state index contributed by atoms with van der Waals surface area (Å²) in [5.41, 5.74) is 12.7. The van der Waals surface area contributed by atoms with Crippen LogP contribution in [0.15, 0.2) is 182 Å². The Morgan fingerprint density at radius 3 is 1.40 bits per heavy atom. The number of aromatic nitrogens is 2. The van der Waals surface area contributed by atoms with E-state index in [4.69, 9.17) is 0 Å². The van der Waals surface area contributed by atoms with E-state index in [1.165, 1.54) is 77.3 Å². The van der Waals surface area contributed by atoms with Gasteiger partial charge in [0.1, 0.15) is 0 Å². The maximum atomic E-state index is 2.46. The molecule has 0 unspecified atom stereocenters. The zero-order valence-corrected chi connectivity index (χ0v) is 36.6. The Balaban J connectivity index is 0.000000474. The van der Waals surface area contributed by atoms with Crippen LogP contribution in [0, 0.1) is 0 Å². The first-order valence-electron chi connectivity index (χ1n) is 21.6. The molecule has 8 aromatic rings. The third kappa shape index (κ3) is 9.69. The van der Waals surface area contributed by atoms with Gasteiger partial charge in [0, 0.05) is 32.9 Å². The number of fused-ring (bicyclic) bond motifs is 6. The van der Waals surface area contributed by atoms with Crippen molar-refractivity contribution < 1.29 is 0 Å². The summed E-state index contributed by atoms with van der Waals surface area (Å²) in [6.07, 6.45) is 14.7. The van der Waals surface area contributed by atoms with Gasteiger partial charge >= 0.3 is 0 Å². The molecule has 9 rings (SSSR count). The summed E-state index contributed by atoms with van der Waals surface area (Å²) in [6.45, 7) is 20.0. The standard InChI is InChI=1S/C42H30N2.C6H10.4C2H6/c1-2-11-29(12-3-1)31-13-10-14-34(27-31)44-41-20-9-6-17-37(41)38-28-32(23-26-42(38)44)30-21-24-33(25-22-30)43-39-18-7-4-15-35(39)36-16-5-8-19-40(36)43;1-3-5-6-4-2;4*1-2/h1-21,23-24,26-28H,22,25H2;3-6H,1-2H3;4*1-2H3/b;5-3-,6-4-;;;;. The number of nitrogens with zero attached hydrogens (tertiary/aromatic N) is 2. The van der Waals surface area contributed by atoms with Gasteiger partial charge < -0.3 is 9.13 Å². The van der Waals surface area contributed by atoms with Crippen molar-refractivity contribution in [3.8, 4) is 16.8 Å². The van der Waals surface area contributed by atoms with E-state index in [0.717, 1.165) is 12.8 Å². The summed E-state index contributed by atoms with van der Waals surface area (Å²) in [5, 5.41) is 5.21. The topological polar surface area (TPSA) is 9.86 Å². The molecule has 2 heterocycles. The first-order chi connectivity index (χ1) is 28.7. The molecule has 2 heteroatoms. The van der Waals surface area contributed by atoms with E-state index in [1.54, 1.807) is 0 Å². The molecule has 1 aliphatic rings. The molecule has 298 valence electrons. The molecule has 0 amide bonds. The van der Waals surface area contributed by atoms with Crippen molar-refractivity contribution in [3.63, 3.8) is 0 Å². The van der Waals surface area contributed by atoms with Crippen LogP contribution in [0.5, 0.6) is 0 Å². The minimum absolute atomic E-state index is 1.00. The number of para-hydroxylation sites is 3. The van der Waals surface area contributed by atoms with Crippen LogP contribution < -0.4 is 0 Å². The lowest BCUT2D eigenvalue weighted by Crippen LogP contribution is -2.01. The van der Waals surface area contributed by atoms with Crippen LogP contribution in [0.1, 0.15) is 87.6 Å². The molecular formula is C56H64N2. The second kappa shape index (κ2) is 23.2. The van der Waals surface area contributed by atoms with E-state index >= 15 is 0 Å². The monoisotopic (exact) mass is 765 g/mol. The first kappa shape index (κ1) is 44.6. The summed E-state index contributed by atoms with van der Waals surface area (Å²) in [7, 11) is 0. The first-order valence-corrected chi connectivity index (χ1v) is 21.6. The van der Waals surface area contributed by atoms with Crippen molar-refractivity contribution in [1.82, 2.24) is 9.13 Å². The molecule has 0 atom stereocenters. The lowest BCUT2D eigenvalue weighted by atomic mass is 9.94. The summed E-state index contributed by atoms with van der Waals surface area (Å²) in [5.74, 6) is 0. The maximum absolute atomic E-state index is 2.46. The molecular weight excluding hydrogens is 701 g/mol. The highest BCUT2D eigenvalue weighted by atomic mass is 15.0. The Hall–Kier alpha value is -6.12. The molecule has 0 fully saturated rings. The molecule has 2 nitrogen and oxygen atoms in total.